The third-order valence-electron chi connectivity index (χ3n) is 4.23. The van der Waals surface area contributed by atoms with E-state index < -0.39 is 11.2 Å². The highest BCUT2D eigenvalue weighted by atomic mass is 32.2. The lowest BCUT2D eigenvalue weighted by atomic mass is 10.2. The molecular formula is C21H16N4O5S. The minimum absolute atomic E-state index is 0.141. The molecule has 156 valence electrons. The van der Waals surface area contributed by atoms with Crippen LogP contribution in [-0.4, -0.2) is 37.4 Å². The van der Waals surface area contributed by atoms with Gasteiger partial charge in [0.25, 0.3) is 0 Å². The predicted octanol–water partition coefficient (Wildman–Crippen LogP) is 4.21. The van der Waals surface area contributed by atoms with Crippen LogP contribution in [0.4, 0.5) is 5.69 Å². The quantitative estimate of drug-likeness (QED) is 0.409. The topological polar surface area (TPSA) is 131 Å². The molecule has 0 spiro atoms. The van der Waals surface area contributed by atoms with Crippen molar-refractivity contribution < 1.29 is 23.5 Å². The third kappa shape index (κ3) is 4.64. The molecular weight excluding hydrogens is 420 g/mol. The van der Waals surface area contributed by atoms with E-state index in [0.29, 0.717) is 33.8 Å². The Bertz CT molecular complexity index is 1190. The molecule has 0 bridgehead atoms. The second-order valence-corrected chi connectivity index (χ2v) is 7.69. The molecule has 0 fully saturated rings. The molecule has 10 heteroatoms. The summed E-state index contributed by atoms with van der Waals surface area (Å²) in [5.41, 5.74) is 1.52. The van der Waals surface area contributed by atoms with Crippen molar-refractivity contribution >= 4 is 29.3 Å². The molecule has 1 aromatic carbocycles. The van der Waals surface area contributed by atoms with Crippen molar-refractivity contribution in [2.75, 3.05) is 5.32 Å². The maximum Gasteiger partial charge on any atom is 0.335 e. The largest absolute Gasteiger partial charge is 0.478 e. The molecule has 0 aliphatic heterocycles. The lowest BCUT2D eigenvalue weighted by Crippen LogP contribution is -2.22. The monoisotopic (exact) mass is 436 g/mol. The maximum absolute atomic E-state index is 12.5. The van der Waals surface area contributed by atoms with Gasteiger partial charge in [0.2, 0.25) is 11.1 Å². The Morgan fingerprint density at radius 2 is 1.61 bits per heavy atom. The van der Waals surface area contributed by atoms with Crippen LogP contribution in [0.15, 0.2) is 75.0 Å². The fourth-order valence-electron chi connectivity index (χ4n) is 2.68. The predicted molar refractivity (Wildman–Crippen MR) is 113 cm³/mol. The van der Waals surface area contributed by atoms with Crippen LogP contribution in [0, 0.1) is 0 Å². The highest BCUT2D eigenvalue weighted by molar-refractivity contribution is 8.00. The van der Waals surface area contributed by atoms with Gasteiger partial charge in [0, 0.05) is 5.69 Å². The number of carboxylic acid groups (broad SMARTS) is 1. The number of anilines is 1. The molecule has 3 aromatic heterocycles. The lowest BCUT2D eigenvalue weighted by Gasteiger charge is -2.12. The first-order valence-electron chi connectivity index (χ1n) is 9.14. The average molecular weight is 436 g/mol. The molecule has 2 N–H and O–H groups in total. The Hall–Kier alpha value is -3.92. The van der Waals surface area contributed by atoms with Gasteiger partial charge in [0.05, 0.1) is 23.3 Å². The molecule has 1 atom stereocenters. The first kappa shape index (κ1) is 20.4. The van der Waals surface area contributed by atoms with E-state index in [-0.39, 0.29) is 11.5 Å². The molecule has 0 radical (unpaired) electrons. The molecule has 4 aromatic rings. The van der Waals surface area contributed by atoms with Gasteiger partial charge in [-0.05, 0) is 55.5 Å². The number of hydrogen-bond acceptors (Lipinski definition) is 8. The van der Waals surface area contributed by atoms with Gasteiger partial charge < -0.3 is 19.3 Å². The second kappa shape index (κ2) is 8.84. The van der Waals surface area contributed by atoms with E-state index in [1.54, 1.807) is 31.2 Å². The number of nitrogens with zero attached hydrogens (tertiary/aromatic N) is 3. The van der Waals surface area contributed by atoms with Crippen LogP contribution in [-0.2, 0) is 4.79 Å². The van der Waals surface area contributed by atoms with Gasteiger partial charge in [-0.15, -0.1) is 10.2 Å². The molecule has 9 nitrogen and oxygen atoms in total. The molecule has 0 aliphatic rings. The Morgan fingerprint density at radius 3 is 2.19 bits per heavy atom. The fourth-order valence-corrected chi connectivity index (χ4v) is 3.39. The molecule has 4 rings (SSSR count). The summed E-state index contributed by atoms with van der Waals surface area (Å²) < 4.78 is 10.9. The van der Waals surface area contributed by atoms with Crippen LogP contribution in [0.3, 0.4) is 0 Å². The number of benzene rings is 1. The van der Waals surface area contributed by atoms with Crippen molar-refractivity contribution in [1.29, 1.82) is 0 Å². The highest BCUT2D eigenvalue weighted by Crippen LogP contribution is 2.31. The number of carbonyl (C=O) groups is 2. The van der Waals surface area contributed by atoms with E-state index in [9.17, 15) is 9.59 Å². The number of aromatic nitrogens is 3. The van der Waals surface area contributed by atoms with Crippen LogP contribution >= 0.6 is 11.8 Å². The second-order valence-electron chi connectivity index (χ2n) is 6.38. The lowest BCUT2D eigenvalue weighted by molar-refractivity contribution is -0.115. The zero-order chi connectivity index (χ0) is 21.8. The standard InChI is InChI=1S/C21H16N4O5S/c1-12(19(26)22-14-8-6-13(7-9-14)20(27)28)31-21-23-17(15-4-2-10-29-15)18(24-25-21)16-5-3-11-30-16/h2-12H,1H3,(H,22,26)(H,27,28). The average Bonchev–Trinajstić information content (AvgIpc) is 3.48. The SMILES string of the molecule is CC(Sc1nnc(-c2ccco2)c(-c2ccco2)n1)C(=O)Nc1ccc(C(=O)O)cc1. The summed E-state index contributed by atoms with van der Waals surface area (Å²) in [6.45, 7) is 1.71. The van der Waals surface area contributed by atoms with Crippen molar-refractivity contribution in [1.82, 2.24) is 15.2 Å². The van der Waals surface area contributed by atoms with E-state index in [1.807, 2.05) is 0 Å². The van der Waals surface area contributed by atoms with Crippen molar-refractivity contribution in [2.45, 2.75) is 17.3 Å². The summed E-state index contributed by atoms with van der Waals surface area (Å²) in [7, 11) is 0. The molecule has 0 aliphatic carbocycles. The summed E-state index contributed by atoms with van der Waals surface area (Å²) in [6, 6.07) is 12.9. The molecule has 1 unspecified atom stereocenters. The molecule has 3 heterocycles. The summed E-state index contributed by atoms with van der Waals surface area (Å²) >= 11 is 1.13. The van der Waals surface area contributed by atoms with Gasteiger partial charge in [-0.3, -0.25) is 4.79 Å². The van der Waals surface area contributed by atoms with Crippen molar-refractivity contribution in [3.8, 4) is 22.9 Å². The van der Waals surface area contributed by atoms with Crippen LogP contribution in [0.1, 0.15) is 17.3 Å². The molecule has 0 saturated heterocycles. The van der Waals surface area contributed by atoms with Crippen LogP contribution in [0.25, 0.3) is 22.9 Å². The number of nitrogens with one attached hydrogen (secondary N) is 1. The van der Waals surface area contributed by atoms with Crippen molar-refractivity contribution in [3.05, 3.63) is 66.6 Å². The van der Waals surface area contributed by atoms with Gasteiger partial charge in [0.15, 0.2) is 17.2 Å². The Morgan fingerprint density at radius 1 is 0.968 bits per heavy atom. The maximum atomic E-state index is 12.5. The summed E-state index contributed by atoms with van der Waals surface area (Å²) in [5.74, 6) is -0.319. The minimum Gasteiger partial charge on any atom is -0.478 e. The first-order valence-corrected chi connectivity index (χ1v) is 10.0. The first-order chi connectivity index (χ1) is 15.0. The zero-order valence-corrected chi connectivity index (χ0v) is 17.0. The summed E-state index contributed by atoms with van der Waals surface area (Å²) in [6.07, 6.45) is 3.06. The number of furan rings is 2. The molecule has 0 saturated carbocycles. The van der Waals surface area contributed by atoms with Crippen LogP contribution < -0.4 is 5.32 Å². The van der Waals surface area contributed by atoms with Gasteiger partial charge in [0.1, 0.15) is 5.69 Å². The molecule has 1 amide bonds. The highest BCUT2D eigenvalue weighted by Gasteiger charge is 2.21. The number of carboxylic acids is 1. The van der Waals surface area contributed by atoms with Gasteiger partial charge in [-0.2, -0.15) is 0 Å². The number of aromatic carboxylic acids is 1. The van der Waals surface area contributed by atoms with Crippen molar-refractivity contribution in [3.63, 3.8) is 0 Å². The summed E-state index contributed by atoms with van der Waals surface area (Å²) in [4.78, 5) is 28.0. The minimum atomic E-state index is -1.03. The van der Waals surface area contributed by atoms with E-state index >= 15 is 0 Å². The molecule has 31 heavy (non-hydrogen) atoms. The van der Waals surface area contributed by atoms with Crippen LogP contribution in [0.2, 0.25) is 0 Å². The van der Waals surface area contributed by atoms with Gasteiger partial charge in [-0.25, -0.2) is 9.78 Å². The van der Waals surface area contributed by atoms with Crippen LogP contribution in [0.5, 0.6) is 0 Å². The Balaban J connectivity index is 1.51. The van der Waals surface area contributed by atoms with Gasteiger partial charge >= 0.3 is 5.97 Å². The fraction of sp³-hybridized carbons (Fsp3) is 0.0952. The Kier molecular flexibility index (Phi) is 5.80. The van der Waals surface area contributed by atoms with Gasteiger partial charge in [-0.1, -0.05) is 11.8 Å². The Labute approximate surface area is 180 Å². The van der Waals surface area contributed by atoms with E-state index in [0.717, 1.165) is 11.8 Å². The van der Waals surface area contributed by atoms with E-state index in [1.165, 1.54) is 36.8 Å². The van der Waals surface area contributed by atoms with Crippen molar-refractivity contribution in [2.24, 2.45) is 0 Å². The number of thioether (sulfide) groups is 1. The smallest absolute Gasteiger partial charge is 0.335 e. The zero-order valence-electron chi connectivity index (χ0n) is 16.2. The third-order valence-corrected chi connectivity index (χ3v) is 5.18. The number of rotatable bonds is 7. The van der Waals surface area contributed by atoms with E-state index in [4.69, 9.17) is 13.9 Å². The normalized spacial score (nSPS) is 11.8. The number of amides is 1. The summed E-state index contributed by atoms with van der Waals surface area (Å²) in [5, 5.41) is 19.8. The number of hydrogen-bond donors (Lipinski definition) is 2. The number of carbonyl (C=O) groups excluding carboxylic acids is 1. The van der Waals surface area contributed by atoms with E-state index in [2.05, 4.69) is 20.5 Å².